The minimum atomic E-state index is -1.28. The minimum absolute atomic E-state index is 0.322. The van der Waals surface area contributed by atoms with Gasteiger partial charge in [-0.05, 0) is 6.92 Å². The predicted molar refractivity (Wildman–Crippen MR) is 48.6 cm³/mol. The van der Waals surface area contributed by atoms with Crippen molar-refractivity contribution >= 4 is 22.6 Å². The van der Waals surface area contributed by atoms with E-state index in [-0.39, 0.29) is 0 Å². The highest BCUT2D eigenvalue weighted by molar-refractivity contribution is 14.1. The second-order valence-electron chi connectivity index (χ2n) is 2.44. The van der Waals surface area contributed by atoms with E-state index in [1.165, 1.54) is 6.92 Å². The zero-order chi connectivity index (χ0) is 9.02. The highest BCUT2D eigenvalue weighted by Crippen LogP contribution is 2.06. The van der Waals surface area contributed by atoms with E-state index in [1.807, 2.05) is 22.6 Å². The average Bonchev–Trinajstić information content (AvgIpc) is 2.00. The van der Waals surface area contributed by atoms with Crippen LogP contribution in [-0.2, 0) is 0 Å². The smallest absolute Gasteiger partial charge is 0.109 e. The average molecular weight is 276 g/mol. The summed E-state index contributed by atoms with van der Waals surface area (Å²) >= 11 is 1.88. The Hall–Kier alpha value is 0.570. The fraction of sp³-hybridized carbons (Fsp3) is 1.00. The van der Waals surface area contributed by atoms with Gasteiger partial charge in [0, 0.05) is 4.43 Å². The van der Waals surface area contributed by atoms with Gasteiger partial charge < -0.3 is 20.4 Å². The second-order valence-corrected chi connectivity index (χ2v) is 3.32. The summed E-state index contributed by atoms with van der Waals surface area (Å²) in [5, 5.41) is 36.0. The largest absolute Gasteiger partial charge is 0.391 e. The molecule has 0 saturated heterocycles. The first-order valence-corrected chi connectivity index (χ1v) is 4.81. The van der Waals surface area contributed by atoms with Crippen molar-refractivity contribution in [1.82, 2.24) is 0 Å². The van der Waals surface area contributed by atoms with Gasteiger partial charge in [-0.25, -0.2) is 0 Å². The Kier molecular flexibility index (Phi) is 5.53. The molecular weight excluding hydrogens is 263 g/mol. The molecule has 0 spiro atoms. The lowest BCUT2D eigenvalue weighted by Gasteiger charge is -2.23. The van der Waals surface area contributed by atoms with Crippen LogP contribution < -0.4 is 0 Å². The van der Waals surface area contributed by atoms with Gasteiger partial charge in [0.15, 0.2) is 0 Å². The van der Waals surface area contributed by atoms with Crippen LogP contribution in [0, 0.1) is 0 Å². The summed E-state index contributed by atoms with van der Waals surface area (Å²) in [4.78, 5) is 0. The monoisotopic (exact) mass is 276 g/mol. The summed E-state index contributed by atoms with van der Waals surface area (Å²) in [5.74, 6) is 0. The first-order chi connectivity index (χ1) is 5.00. The van der Waals surface area contributed by atoms with E-state index in [0.29, 0.717) is 4.43 Å². The number of hydrogen-bond acceptors (Lipinski definition) is 4. The van der Waals surface area contributed by atoms with Crippen LogP contribution in [0.5, 0.6) is 0 Å². The highest BCUT2D eigenvalue weighted by Gasteiger charge is 2.26. The van der Waals surface area contributed by atoms with Crippen LogP contribution in [0.3, 0.4) is 0 Å². The van der Waals surface area contributed by atoms with Gasteiger partial charge >= 0.3 is 0 Å². The third-order valence-corrected chi connectivity index (χ3v) is 2.30. The molecule has 0 aromatic rings. The molecule has 0 aromatic carbocycles. The van der Waals surface area contributed by atoms with Gasteiger partial charge in [0.2, 0.25) is 0 Å². The van der Waals surface area contributed by atoms with Crippen molar-refractivity contribution in [3.8, 4) is 0 Å². The normalized spacial score (nSPS) is 22.4. The van der Waals surface area contributed by atoms with Crippen LogP contribution in [-0.4, -0.2) is 49.3 Å². The topological polar surface area (TPSA) is 80.9 Å². The van der Waals surface area contributed by atoms with Crippen LogP contribution in [0.4, 0.5) is 0 Å². The molecule has 4 atom stereocenters. The molecule has 0 aromatic heterocycles. The Morgan fingerprint density at radius 2 is 1.55 bits per heavy atom. The van der Waals surface area contributed by atoms with Gasteiger partial charge in [-0.3, -0.25) is 0 Å². The van der Waals surface area contributed by atoms with Crippen molar-refractivity contribution < 1.29 is 20.4 Å². The highest BCUT2D eigenvalue weighted by atomic mass is 127. The zero-order valence-electron chi connectivity index (χ0n) is 6.18. The lowest BCUT2D eigenvalue weighted by Crippen LogP contribution is -2.43. The lowest BCUT2D eigenvalue weighted by atomic mass is 10.1. The molecule has 0 fully saturated rings. The molecule has 0 amide bonds. The molecule has 0 radical (unpaired) electrons. The van der Waals surface area contributed by atoms with Crippen LogP contribution in [0.25, 0.3) is 0 Å². The first-order valence-electron chi connectivity index (χ1n) is 3.29. The minimum Gasteiger partial charge on any atom is -0.391 e. The van der Waals surface area contributed by atoms with Crippen LogP contribution in [0.15, 0.2) is 0 Å². The maximum absolute atomic E-state index is 9.09. The van der Waals surface area contributed by atoms with E-state index in [2.05, 4.69) is 0 Å². The summed E-state index contributed by atoms with van der Waals surface area (Å²) in [7, 11) is 0. The molecule has 4 nitrogen and oxygen atoms in total. The molecule has 0 aliphatic carbocycles. The Bertz CT molecular complexity index is 109. The van der Waals surface area contributed by atoms with Gasteiger partial charge in [-0.1, -0.05) is 22.6 Å². The molecule has 4 N–H and O–H groups in total. The summed E-state index contributed by atoms with van der Waals surface area (Å²) in [6.45, 7) is 1.35. The quantitative estimate of drug-likeness (QED) is 0.387. The molecule has 0 aliphatic heterocycles. The Balaban J connectivity index is 3.90. The van der Waals surface area contributed by atoms with E-state index in [9.17, 15) is 0 Å². The number of aliphatic hydroxyl groups excluding tert-OH is 4. The summed E-state index contributed by atoms with van der Waals surface area (Å²) < 4.78 is 0.322. The zero-order valence-corrected chi connectivity index (χ0v) is 8.34. The number of alkyl halides is 1. The van der Waals surface area contributed by atoms with Crippen LogP contribution in [0.1, 0.15) is 6.92 Å². The SMILES string of the molecule is C[C@H](O)[C@@H](O)[C@H](O)[C@H](O)CI. The molecule has 5 heteroatoms. The molecule has 0 saturated carbocycles. The fourth-order valence-corrected chi connectivity index (χ4v) is 1.13. The van der Waals surface area contributed by atoms with E-state index >= 15 is 0 Å². The van der Waals surface area contributed by atoms with Crippen molar-refractivity contribution in [2.45, 2.75) is 31.3 Å². The Morgan fingerprint density at radius 3 is 1.82 bits per heavy atom. The van der Waals surface area contributed by atoms with Crippen molar-refractivity contribution in [2.75, 3.05) is 4.43 Å². The fourth-order valence-electron chi connectivity index (χ4n) is 0.604. The maximum atomic E-state index is 9.09. The standard InChI is InChI=1S/C6H13IO4/c1-3(8)5(10)6(11)4(9)2-7/h3-6,8-11H,2H2,1H3/t3-,4+,5+,6+/m0/s1. The molecule has 0 bridgehead atoms. The van der Waals surface area contributed by atoms with Crippen molar-refractivity contribution in [3.05, 3.63) is 0 Å². The van der Waals surface area contributed by atoms with Crippen molar-refractivity contribution in [2.24, 2.45) is 0 Å². The van der Waals surface area contributed by atoms with Gasteiger partial charge in [0.05, 0.1) is 12.2 Å². The van der Waals surface area contributed by atoms with E-state index in [4.69, 9.17) is 20.4 Å². The third-order valence-electron chi connectivity index (χ3n) is 1.40. The van der Waals surface area contributed by atoms with E-state index in [0.717, 1.165) is 0 Å². The first kappa shape index (κ1) is 11.6. The number of halogens is 1. The Labute approximate surface area is 79.0 Å². The van der Waals surface area contributed by atoms with Gasteiger partial charge in [0.25, 0.3) is 0 Å². The molecule has 0 aliphatic rings. The van der Waals surface area contributed by atoms with Gasteiger partial charge in [-0.2, -0.15) is 0 Å². The molecule has 0 rings (SSSR count). The summed E-state index contributed by atoms with van der Waals surface area (Å²) in [6, 6.07) is 0. The predicted octanol–water partition coefficient (Wildman–Crippen LogP) is -1.12. The Morgan fingerprint density at radius 1 is 1.09 bits per heavy atom. The second kappa shape index (κ2) is 5.26. The van der Waals surface area contributed by atoms with Crippen LogP contribution in [0.2, 0.25) is 0 Å². The molecule has 0 unspecified atom stereocenters. The summed E-state index contributed by atoms with van der Waals surface area (Å²) in [5.41, 5.74) is 0. The number of aliphatic hydroxyl groups is 4. The van der Waals surface area contributed by atoms with E-state index < -0.39 is 24.4 Å². The lowest BCUT2D eigenvalue weighted by molar-refractivity contribution is -0.0927. The van der Waals surface area contributed by atoms with Crippen LogP contribution >= 0.6 is 22.6 Å². The molecular formula is C6H13IO4. The molecule has 11 heavy (non-hydrogen) atoms. The number of rotatable bonds is 4. The molecule has 68 valence electrons. The summed E-state index contributed by atoms with van der Waals surface area (Å²) in [6.07, 6.45) is -4.56. The van der Waals surface area contributed by atoms with Gasteiger partial charge in [0.1, 0.15) is 12.2 Å². The maximum Gasteiger partial charge on any atom is 0.109 e. The number of hydrogen-bond donors (Lipinski definition) is 4. The van der Waals surface area contributed by atoms with Gasteiger partial charge in [-0.15, -0.1) is 0 Å². The van der Waals surface area contributed by atoms with Crippen molar-refractivity contribution in [3.63, 3.8) is 0 Å². The van der Waals surface area contributed by atoms with E-state index in [1.54, 1.807) is 0 Å². The van der Waals surface area contributed by atoms with Crippen molar-refractivity contribution in [1.29, 1.82) is 0 Å². The third kappa shape index (κ3) is 3.66. The molecule has 0 heterocycles.